The smallest absolute Gasteiger partial charge is 0.271 e. The number of nitriles is 1. The Hall–Kier alpha value is -3.24. The fraction of sp³-hybridized carbons (Fsp3) is 0.100. The zero-order valence-electron chi connectivity index (χ0n) is 14.4. The van der Waals surface area contributed by atoms with Gasteiger partial charge in [0.05, 0.1) is 12.1 Å². The second-order valence-electron chi connectivity index (χ2n) is 5.82. The van der Waals surface area contributed by atoms with Gasteiger partial charge in [0.25, 0.3) is 5.56 Å². The Kier molecular flexibility index (Phi) is 5.48. The average molecular weight is 423 g/mol. The number of halogens is 1. The van der Waals surface area contributed by atoms with Crippen molar-refractivity contribution in [2.75, 3.05) is 0 Å². The first-order chi connectivity index (χ1) is 13.0. The maximum Gasteiger partial charge on any atom is 0.271 e. The molecule has 0 fully saturated rings. The zero-order valence-corrected chi connectivity index (χ0v) is 16.0. The lowest BCUT2D eigenvalue weighted by atomic mass is 10.1. The van der Waals surface area contributed by atoms with Crippen LogP contribution in [0, 0.1) is 18.3 Å². The maximum absolute atomic E-state index is 12.6. The van der Waals surface area contributed by atoms with Crippen LogP contribution in [0.2, 0.25) is 0 Å². The summed E-state index contributed by atoms with van der Waals surface area (Å²) in [7, 11) is 0. The van der Waals surface area contributed by atoms with Gasteiger partial charge in [0.15, 0.2) is 5.82 Å². The highest BCUT2D eigenvalue weighted by molar-refractivity contribution is 9.10. The first kappa shape index (κ1) is 18.5. The minimum Gasteiger partial charge on any atom is -0.494 e. The second-order valence-corrected chi connectivity index (χ2v) is 6.73. The Bertz CT molecular complexity index is 1100. The molecule has 0 aliphatic rings. The van der Waals surface area contributed by atoms with Gasteiger partial charge in [-0.2, -0.15) is 5.26 Å². The Morgan fingerprint density at radius 3 is 2.67 bits per heavy atom. The van der Waals surface area contributed by atoms with Crippen molar-refractivity contribution in [3.05, 3.63) is 85.7 Å². The number of hydrogen-bond acceptors (Lipinski definition) is 5. The minimum atomic E-state index is -0.532. The van der Waals surface area contributed by atoms with Gasteiger partial charge in [0, 0.05) is 16.9 Å². The average Bonchev–Trinajstić information content (AvgIpc) is 2.68. The van der Waals surface area contributed by atoms with Crippen LogP contribution in [0.25, 0.3) is 0 Å². The van der Waals surface area contributed by atoms with E-state index in [0.29, 0.717) is 16.9 Å². The summed E-state index contributed by atoms with van der Waals surface area (Å²) in [4.78, 5) is 21.0. The fourth-order valence-electron chi connectivity index (χ4n) is 2.61. The van der Waals surface area contributed by atoms with E-state index in [2.05, 4.69) is 25.9 Å². The van der Waals surface area contributed by atoms with Crippen LogP contribution in [0.15, 0.2) is 62.9 Å². The van der Waals surface area contributed by atoms with Crippen LogP contribution in [-0.2, 0) is 6.54 Å². The number of aromatic hydroxyl groups is 1. The largest absolute Gasteiger partial charge is 0.494 e. The molecule has 0 unspecified atom stereocenters. The van der Waals surface area contributed by atoms with Gasteiger partial charge >= 0.3 is 0 Å². The summed E-state index contributed by atoms with van der Waals surface area (Å²) in [6, 6.07) is 14.7. The topological polar surface area (TPSA) is 91.3 Å². The van der Waals surface area contributed by atoms with E-state index in [1.54, 1.807) is 25.3 Å². The number of benzene rings is 1. The summed E-state index contributed by atoms with van der Waals surface area (Å²) in [6.45, 7) is 1.76. The maximum atomic E-state index is 12.6. The van der Waals surface area contributed by atoms with Crippen molar-refractivity contribution in [2.45, 2.75) is 13.5 Å². The predicted molar refractivity (Wildman–Crippen MR) is 107 cm³/mol. The van der Waals surface area contributed by atoms with Gasteiger partial charge in [0.2, 0.25) is 5.88 Å². The molecule has 6 nitrogen and oxygen atoms in total. The number of aliphatic imine (C=N–C) groups is 1. The summed E-state index contributed by atoms with van der Waals surface area (Å²) >= 11 is 3.30. The molecule has 0 aliphatic heterocycles. The van der Waals surface area contributed by atoms with E-state index in [0.717, 1.165) is 10.0 Å². The van der Waals surface area contributed by atoms with E-state index in [9.17, 15) is 15.2 Å². The Labute approximate surface area is 164 Å². The number of hydrogen-bond donors (Lipinski definition) is 1. The molecule has 0 radical (unpaired) electrons. The van der Waals surface area contributed by atoms with Crippen molar-refractivity contribution in [1.82, 2.24) is 9.55 Å². The number of rotatable bonds is 4. The summed E-state index contributed by atoms with van der Waals surface area (Å²) in [5.41, 5.74) is 0.973. The third-order valence-electron chi connectivity index (χ3n) is 4.07. The minimum absolute atomic E-state index is 0.0195. The van der Waals surface area contributed by atoms with Gasteiger partial charge in [-0.1, -0.05) is 30.3 Å². The SMILES string of the molecule is Cc1c(C=Nc2ccc(Br)cn2)c(O)n(Cc2ccccc2)c(=O)c1C#N. The first-order valence-electron chi connectivity index (χ1n) is 8.07. The van der Waals surface area contributed by atoms with Crippen LogP contribution >= 0.6 is 15.9 Å². The Morgan fingerprint density at radius 2 is 2.04 bits per heavy atom. The van der Waals surface area contributed by atoms with Crippen molar-refractivity contribution >= 4 is 28.0 Å². The highest BCUT2D eigenvalue weighted by atomic mass is 79.9. The molecule has 3 aromatic rings. The quantitative estimate of drug-likeness (QED) is 0.648. The van der Waals surface area contributed by atoms with E-state index in [1.165, 1.54) is 10.8 Å². The fourth-order valence-corrected chi connectivity index (χ4v) is 2.85. The highest BCUT2D eigenvalue weighted by Crippen LogP contribution is 2.22. The molecule has 2 aromatic heterocycles. The third kappa shape index (κ3) is 3.96. The van der Waals surface area contributed by atoms with Crippen molar-refractivity contribution < 1.29 is 5.11 Å². The molecule has 0 spiro atoms. The molecule has 0 atom stereocenters. The van der Waals surface area contributed by atoms with E-state index in [4.69, 9.17) is 0 Å². The lowest BCUT2D eigenvalue weighted by Gasteiger charge is -2.14. The van der Waals surface area contributed by atoms with Crippen molar-refractivity contribution in [3.63, 3.8) is 0 Å². The van der Waals surface area contributed by atoms with Crippen LogP contribution < -0.4 is 5.56 Å². The van der Waals surface area contributed by atoms with E-state index in [1.807, 2.05) is 36.4 Å². The van der Waals surface area contributed by atoms with Crippen LogP contribution in [-0.4, -0.2) is 20.9 Å². The molecule has 1 N–H and O–H groups in total. The Morgan fingerprint density at radius 1 is 1.30 bits per heavy atom. The lowest BCUT2D eigenvalue weighted by Crippen LogP contribution is -2.25. The van der Waals surface area contributed by atoms with E-state index >= 15 is 0 Å². The summed E-state index contributed by atoms with van der Waals surface area (Å²) in [5, 5.41) is 20.1. The molecule has 27 heavy (non-hydrogen) atoms. The standard InChI is InChI=1S/C20H15BrN4O2/c1-13-16(9-22)19(26)25(12-14-5-3-2-4-6-14)20(27)17(13)11-24-18-8-7-15(21)10-23-18/h2-8,10-11,27H,12H2,1H3. The molecular formula is C20H15BrN4O2. The van der Waals surface area contributed by atoms with Gasteiger partial charge in [-0.15, -0.1) is 0 Å². The summed E-state index contributed by atoms with van der Waals surface area (Å²) in [6.07, 6.45) is 3.03. The number of nitrogens with zero attached hydrogens (tertiary/aromatic N) is 4. The second kappa shape index (κ2) is 7.98. The predicted octanol–water partition coefficient (Wildman–Crippen LogP) is 3.69. The molecular weight excluding hydrogens is 408 g/mol. The van der Waals surface area contributed by atoms with Crippen LogP contribution in [0.4, 0.5) is 5.82 Å². The molecule has 0 aliphatic carbocycles. The number of pyridine rings is 2. The van der Waals surface area contributed by atoms with Gasteiger partial charge in [-0.25, -0.2) is 9.98 Å². The molecule has 0 saturated heterocycles. The molecule has 0 saturated carbocycles. The third-order valence-corrected chi connectivity index (χ3v) is 4.54. The van der Waals surface area contributed by atoms with E-state index < -0.39 is 5.56 Å². The Balaban J connectivity index is 2.10. The molecule has 2 heterocycles. The van der Waals surface area contributed by atoms with Crippen molar-refractivity contribution in [1.29, 1.82) is 5.26 Å². The molecule has 0 bridgehead atoms. The summed E-state index contributed by atoms with van der Waals surface area (Å²) in [5.74, 6) is 0.206. The van der Waals surface area contributed by atoms with Gasteiger partial charge in [-0.3, -0.25) is 9.36 Å². The molecule has 1 aromatic carbocycles. The lowest BCUT2D eigenvalue weighted by molar-refractivity contribution is 0.413. The van der Waals surface area contributed by atoms with Crippen LogP contribution in [0.3, 0.4) is 0 Å². The van der Waals surface area contributed by atoms with Gasteiger partial charge in [-0.05, 0) is 46.1 Å². The van der Waals surface area contributed by atoms with Crippen LogP contribution in [0.1, 0.15) is 22.3 Å². The number of aromatic nitrogens is 2. The van der Waals surface area contributed by atoms with Gasteiger partial charge < -0.3 is 5.11 Å². The molecule has 3 rings (SSSR count). The molecule has 7 heteroatoms. The monoisotopic (exact) mass is 422 g/mol. The summed E-state index contributed by atoms with van der Waals surface area (Å²) < 4.78 is 2.00. The highest BCUT2D eigenvalue weighted by Gasteiger charge is 2.18. The normalized spacial score (nSPS) is 10.9. The molecule has 0 amide bonds. The van der Waals surface area contributed by atoms with E-state index in [-0.39, 0.29) is 18.0 Å². The van der Waals surface area contributed by atoms with Gasteiger partial charge in [0.1, 0.15) is 11.6 Å². The van der Waals surface area contributed by atoms with Crippen LogP contribution in [0.5, 0.6) is 5.88 Å². The van der Waals surface area contributed by atoms with Crippen molar-refractivity contribution in [2.24, 2.45) is 4.99 Å². The first-order valence-corrected chi connectivity index (χ1v) is 8.86. The zero-order chi connectivity index (χ0) is 19.4. The van der Waals surface area contributed by atoms with Crippen molar-refractivity contribution in [3.8, 4) is 11.9 Å². The molecule has 134 valence electrons.